The van der Waals surface area contributed by atoms with E-state index in [4.69, 9.17) is 13.6 Å². The number of likely N-dealkylation sites (N-methyl/N-ethyl adjacent to an activating group) is 1. The Hall–Kier alpha value is 0.0569. The number of rotatable bonds is 13. The standard InChI is InChI=1S/C14H33NO3Si/c1-6-15(7-2)11-12-16-13-14-19(10-5,17-8-3)18-9-4/h6-14H2,1-5H3. The van der Waals surface area contributed by atoms with Crippen LogP contribution in [0.3, 0.4) is 0 Å². The SMILES string of the molecule is CCO[Si](CC)(CCOCCN(CC)CC)OCC. The molecule has 5 heteroatoms. The Labute approximate surface area is 120 Å². The molecule has 0 aliphatic rings. The van der Waals surface area contributed by atoms with Crippen molar-refractivity contribution < 1.29 is 13.6 Å². The summed E-state index contributed by atoms with van der Waals surface area (Å²) in [7, 11) is -2.00. The Kier molecular flexibility index (Phi) is 11.9. The maximum atomic E-state index is 5.92. The first kappa shape index (κ1) is 19.1. The van der Waals surface area contributed by atoms with E-state index < -0.39 is 8.56 Å². The van der Waals surface area contributed by atoms with Gasteiger partial charge in [0.15, 0.2) is 0 Å². The van der Waals surface area contributed by atoms with E-state index in [9.17, 15) is 0 Å². The van der Waals surface area contributed by atoms with Crippen molar-refractivity contribution in [3.63, 3.8) is 0 Å². The van der Waals surface area contributed by atoms with Crippen LogP contribution in [0.5, 0.6) is 0 Å². The summed E-state index contributed by atoms with van der Waals surface area (Å²) < 4.78 is 17.6. The second-order valence-electron chi connectivity index (χ2n) is 4.52. The van der Waals surface area contributed by atoms with Gasteiger partial charge in [-0.05, 0) is 33.0 Å². The molecule has 0 amide bonds. The van der Waals surface area contributed by atoms with Gasteiger partial charge in [0.25, 0.3) is 0 Å². The first-order chi connectivity index (χ1) is 9.17. The van der Waals surface area contributed by atoms with Crippen LogP contribution in [0.2, 0.25) is 12.1 Å². The van der Waals surface area contributed by atoms with E-state index in [-0.39, 0.29) is 0 Å². The monoisotopic (exact) mass is 291 g/mol. The lowest BCUT2D eigenvalue weighted by Gasteiger charge is -2.29. The van der Waals surface area contributed by atoms with Crippen molar-refractivity contribution >= 4 is 8.56 Å². The fourth-order valence-corrected chi connectivity index (χ4v) is 4.80. The Morgan fingerprint density at radius 3 is 1.84 bits per heavy atom. The molecule has 0 spiro atoms. The van der Waals surface area contributed by atoms with Crippen molar-refractivity contribution in [2.45, 2.75) is 46.7 Å². The molecule has 0 bridgehead atoms. The highest BCUT2D eigenvalue weighted by Gasteiger charge is 2.34. The molecule has 0 saturated carbocycles. The number of hydrogen-bond donors (Lipinski definition) is 0. The summed E-state index contributed by atoms with van der Waals surface area (Å²) in [6, 6.07) is 1.93. The lowest BCUT2D eigenvalue weighted by Crippen LogP contribution is -2.42. The van der Waals surface area contributed by atoms with Crippen LogP contribution < -0.4 is 0 Å². The summed E-state index contributed by atoms with van der Waals surface area (Å²) in [4.78, 5) is 2.37. The van der Waals surface area contributed by atoms with E-state index >= 15 is 0 Å². The largest absolute Gasteiger partial charge is 0.394 e. The van der Waals surface area contributed by atoms with Gasteiger partial charge >= 0.3 is 8.56 Å². The van der Waals surface area contributed by atoms with Crippen LogP contribution >= 0.6 is 0 Å². The molecule has 0 aliphatic heterocycles. The molecule has 0 heterocycles. The molecule has 116 valence electrons. The minimum absolute atomic E-state index is 0.736. The molecule has 0 rings (SSSR count). The predicted molar refractivity (Wildman–Crippen MR) is 82.9 cm³/mol. The smallest absolute Gasteiger partial charge is 0.340 e. The van der Waals surface area contributed by atoms with E-state index in [1.807, 2.05) is 13.8 Å². The Balaban J connectivity index is 3.92. The normalized spacial score (nSPS) is 12.3. The topological polar surface area (TPSA) is 30.9 Å². The Morgan fingerprint density at radius 2 is 1.42 bits per heavy atom. The molecule has 4 nitrogen and oxygen atoms in total. The van der Waals surface area contributed by atoms with Gasteiger partial charge in [0.1, 0.15) is 0 Å². The van der Waals surface area contributed by atoms with Gasteiger partial charge in [-0.3, -0.25) is 0 Å². The average molecular weight is 292 g/mol. The molecule has 0 atom stereocenters. The van der Waals surface area contributed by atoms with Crippen molar-refractivity contribution in [1.82, 2.24) is 4.90 Å². The maximum Gasteiger partial charge on any atom is 0.340 e. The molecule has 0 unspecified atom stereocenters. The van der Waals surface area contributed by atoms with Crippen molar-refractivity contribution in [2.24, 2.45) is 0 Å². The molecule has 0 N–H and O–H groups in total. The van der Waals surface area contributed by atoms with Gasteiger partial charge < -0.3 is 18.5 Å². The molecule has 0 saturated heterocycles. The van der Waals surface area contributed by atoms with Crippen molar-refractivity contribution in [3.8, 4) is 0 Å². The van der Waals surface area contributed by atoms with Crippen molar-refractivity contribution in [1.29, 1.82) is 0 Å². The molecule has 0 radical (unpaired) electrons. The summed E-state index contributed by atoms with van der Waals surface area (Å²) in [5.41, 5.74) is 0. The van der Waals surface area contributed by atoms with E-state index in [1.165, 1.54) is 0 Å². The summed E-state index contributed by atoms with van der Waals surface area (Å²) in [5.74, 6) is 0. The van der Waals surface area contributed by atoms with Crippen LogP contribution in [-0.2, 0) is 13.6 Å². The van der Waals surface area contributed by atoms with Crippen LogP contribution in [0.25, 0.3) is 0 Å². The number of nitrogens with zero attached hydrogens (tertiary/aromatic N) is 1. The van der Waals surface area contributed by atoms with E-state index in [2.05, 4.69) is 25.7 Å². The van der Waals surface area contributed by atoms with E-state index in [1.54, 1.807) is 0 Å². The van der Waals surface area contributed by atoms with Gasteiger partial charge in [-0.15, -0.1) is 0 Å². The van der Waals surface area contributed by atoms with Crippen molar-refractivity contribution in [3.05, 3.63) is 0 Å². The quantitative estimate of drug-likeness (QED) is 0.386. The minimum atomic E-state index is -2.00. The molecular weight excluding hydrogens is 258 g/mol. The zero-order valence-electron chi connectivity index (χ0n) is 13.5. The third-order valence-corrected chi connectivity index (χ3v) is 7.10. The van der Waals surface area contributed by atoms with Gasteiger partial charge in [0, 0.05) is 32.4 Å². The molecule has 0 aromatic rings. The van der Waals surface area contributed by atoms with Crippen LogP contribution in [0.1, 0.15) is 34.6 Å². The van der Waals surface area contributed by atoms with Crippen molar-refractivity contribution in [2.75, 3.05) is 46.1 Å². The van der Waals surface area contributed by atoms with Gasteiger partial charge in [-0.25, -0.2) is 0 Å². The third-order valence-electron chi connectivity index (χ3n) is 3.43. The summed E-state index contributed by atoms with van der Waals surface area (Å²) in [6.45, 7) is 16.8. The van der Waals surface area contributed by atoms with Gasteiger partial charge in [0.2, 0.25) is 0 Å². The van der Waals surface area contributed by atoms with Crippen LogP contribution in [0.4, 0.5) is 0 Å². The molecule has 19 heavy (non-hydrogen) atoms. The van der Waals surface area contributed by atoms with Gasteiger partial charge in [-0.1, -0.05) is 20.8 Å². The fraction of sp³-hybridized carbons (Fsp3) is 1.00. The molecular formula is C14H33NO3Si. The molecule has 0 aliphatic carbocycles. The Morgan fingerprint density at radius 1 is 0.842 bits per heavy atom. The summed E-state index contributed by atoms with van der Waals surface area (Å²) in [5, 5.41) is 0. The predicted octanol–water partition coefficient (Wildman–Crippen LogP) is 2.88. The van der Waals surface area contributed by atoms with Crippen LogP contribution in [0, 0.1) is 0 Å². The first-order valence-electron chi connectivity index (χ1n) is 7.75. The van der Waals surface area contributed by atoms with Gasteiger partial charge in [0.05, 0.1) is 6.61 Å². The highest BCUT2D eigenvalue weighted by molar-refractivity contribution is 6.67. The molecule has 0 aromatic heterocycles. The second-order valence-corrected chi connectivity index (χ2v) is 8.13. The molecule has 0 aromatic carbocycles. The van der Waals surface area contributed by atoms with Gasteiger partial charge in [-0.2, -0.15) is 0 Å². The number of hydrogen-bond acceptors (Lipinski definition) is 4. The van der Waals surface area contributed by atoms with Crippen LogP contribution in [0.15, 0.2) is 0 Å². The zero-order valence-corrected chi connectivity index (χ0v) is 14.5. The first-order valence-corrected chi connectivity index (χ1v) is 9.98. The minimum Gasteiger partial charge on any atom is -0.394 e. The second kappa shape index (κ2) is 11.8. The lowest BCUT2D eigenvalue weighted by molar-refractivity contribution is 0.105. The number of ether oxygens (including phenoxy) is 1. The average Bonchev–Trinajstić information content (AvgIpc) is 2.43. The molecule has 0 fully saturated rings. The van der Waals surface area contributed by atoms with Crippen LogP contribution in [-0.4, -0.2) is 59.5 Å². The zero-order chi connectivity index (χ0) is 14.6. The third kappa shape index (κ3) is 8.04. The van der Waals surface area contributed by atoms with E-state index in [0.29, 0.717) is 0 Å². The highest BCUT2D eigenvalue weighted by Crippen LogP contribution is 2.18. The maximum absolute atomic E-state index is 5.92. The highest BCUT2D eigenvalue weighted by atomic mass is 28.4. The van der Waals surface area contributed by atoms with E-state index in [0.717, 1.165) is 58.1 Å². The summed E-state index contributed by atoms with van der Waals surface area (Å²) in [6.07, 6.45) is 0. The summed E-state index contributed by atoms with van der Waals surface area (Å²) >= 11 is 0. The fourth-order valence-electron chi connectivity index (χ4n) is 2.16. The lowest BCUT2D eigenvalue weighted by atomic mass is 10.5. The Bertz CT molecular complexity index is 195.